The van der Waals surface area contributed by atoms with Crippen molar-refractivity contribution in [1.29, 1.82) is 0 Å². The number of carboxylic acid groups (broad SMARTS) is 1. The fourth-order valence-electron chi connectivity index (χ4n) is 1.71. The molecular formula is C12H13ClO4. The minimum Gasteiger partial charge on any atom is -0.481 e. The molecule has 0 amide bonds. The highest BCUT2D eigenvalue weighted by Gasteiger charge is 2.16. The summed E-state index contributed by atoms with van der Waals surface area (Å²) in [5.74, 6) is 0.633. The third-order valence-electron chi connectivity index (χ3n) is 2.61. The Bertz CT molecular complexity index is 419. The van der Waals surface area contributed by atoms with Crippen LogP contribution in [0.25, 0.3) is 0 Å². The number of carbonyl (C=O) groups is 1. The van der Waals surface area contributed by atoms with Crippen LogP contribution in [-0.2, 0) is 4.79 Å². The molecule has 0 spiro atoms. The molecular weight excluding hydrogens is 244 g/mol. The zero-order chi connectivity index (χ0) is 12.3. The van der Waals surface area contributed by atoms with E-state index in [2.05, 4.69) is 0 Å². The lowest BCUT2D eigenvalue weighted by atomic mass is 10.1. The van der Waals surface area contributed by atoms with Crippen LogP contribution in [-0.4, -0.2) is 17.9 Å². The molecule has 0 saturated heterocycles. The van der Waals surface area contributed by atoms with Crippen LogP contribution in [0, 0.1) is 0 Å². The van der Waals surface area contributed by atoms with Gasteiger partial charge in [0.1, 0.15) is 0 Å². The van der Waals surface area contributed by atoms with Crippen molar-refractivity contribution in [2.45, 2.75) is 24.6 Å². The Balaban J connectivity index is 1.95. The van der Waals surface area contributed by atoms with Crippen LogP contribution in [0.3, 0.4) is 0 Å². The van der Waals surface area contributed by atoms with Gasteiger partial charge in [-0.15, -0.1) is 11.6 Å². The number of benzene rings is 1. The largest absolute Gasteiger partial charge is 0.481 e. The molecule has 1 unspecified atom stereocenters. The second-order valence-corrected chi connectivity index (χ2v) is 4.39. The van der Waals surface area contributed by atoms with Crippen LogP contribution in [0.1, 0.15) is 30.2 Å². The van der Waals surface area contributed by atoms with E-state index >= 15 is 0 Å². The lowest BCUT2D eigenvalue weighted by Crippen LogP contribution is -1.97. The summed E-state index contributed by atoms with van der Waals surface area (Å²) in [4.78, 5) is 10.4. The lowest BCUT2D eigenvalue weighted by molar-refractivity contribution is -0.137. The van der Waals surface area contributed by atoms with Gasteiger partial charge in [0.15, 0.2) is 11.5 Å². The zero-order valence-electron chi connectivity index (χ0n) is 9.19. The maximum absolute atomic E-state index is 10.4. The highest BCUT2D eigenvalue weighted by molar-refractivity contribution is 6.20. The van der Waals surface area contributed by atoms with E-state index in [1.54, 1.807) is 0 Å². The fourth-order valence-corrected chi connectivity index (χ4v) is 2.00. The van der Waals surface area contributed by atoms with E-state index < -0.39 is 5.97 Å². The van der Waals surface area contributed by atoms with E-state index in [0.717, 1.165) is 11.3 Å². The van der Waals surface area contributed by atoms with Gasteiger partial charge in [0.05, 0.1) is 5.38 Å². The standard InChI is InChI=1S/C12H13ClO4/c13-9(2-1-3-12(14)15)8-4-5-10-11(6-8)17-7-16-10/h4-6,9H,1-3,7H2,(H,14,15). The monoisotopic (exact) mass is 256 g/mol. The summed E-state index contributed by atoms with van der Waals surface area (Å²) in [7, 11) is 0. The van der Waals surface area contributed by atoms with Crippen molar-refractivity contribution in [3.63, 3.8) is 0 Å². The molecule has 1 atom stereocenters. The van der Waals surface area contributed by atoms with Crippen LogP contribution < -0.4 is 9.47 Å². The van der Waals surface area contributed by atoms with Crippen molar-refractivity contribution in [2.24, 2.45) is 0 Å². The van der Waals surface area contributed by atoms with Crippen LogP contribution in [0.5, 0.6) is 11.5 Å². The van der Waals surface area contributed by atoms with Crippen molar-refractivity contribution in [1.82, 2.24) is 0 Å². The number of fused-ring (bicyclic) bond motifs is 1. The smallest absolute Gasteiger partial charge is 0.303 e. The van der Waals surface area contributed by atoms with Gasteiger partial charge in [-0.05, 0) is 30.5 Å². The molecule has 0 aliphatic carbocycles. The summed E-state index contributed by atoms with van der Waals surface area (Å²) >= 11 is 6.20. The molecule has 0 aromatic heterocycles. The number of aliphatic carboxylic acids is 1. The van der Waals surface area contributed by atoms with Gasteiger partial charge in [-0.25, -0.2) is 0 Å². The van der Waals surface area contributed by atoms with Crippen molar-refractivity contribution < 1.29 is 19.4 Å². The minimum atomic E-state index is -0.792. The number of halogens is 1. The van der Waals surface area contributed by atoms with Gasteiger partial charge in [-0.1, -0.05) is 6.07 Å². The Morgan fingerprint density at radius 3 is 2.94 bits per heavy atom. The second-order valence-electron chi connectivity index (χ2n) is 3.87. The van der Waals surface area contributed by atoms with Gasteiger partial charge in [0.2, 0.25) is 6.79 Å². The first-order valence-corrected chi connectivity index (χ1v) is 5.86. The topological polar surface area (TPSA) is 55.8 Å². The third-order valence-corrected chi connectivity index (χ3v) is 3.08. The Morgan fingerprint density at radius 2 is 2.18 bits per heavy atom. The first-order valence-electron chi connectivity index (χ1n) is 5.42. The molecule has 1 N–H and O–H groups in total. The Morgan fingerprint density at radius 1 is 1.41 bits per heavy atom. The van der Waals surface area contributed by atoms with Gasteiger partial charge in [0.25, 0.3) is 0 Å². The van der Waals surface area contributed by atoms with Gasteiger partial charge < -0.3 is 14.6 Å². The van der Waals surface area contributed by atoms with Crippen molar-refractivity contribution >= 4 is 17.6 Å². The zero-order valence-corrected chi connectivity index (χ0v) is 9.94. The normalized spacial score (nSPS) is 14.6. The van der Waals surface area contributed by atoms with E-state index in [4.69, 9.17) is 26.2 Å². The maximum atomic E-state index is 10.4. The number of hydrogen-bond donors (Lipinski definition) is 1. The molecule has 92 valence electrons. The van der Waals surface area contributed by atoms with Crippen molar-refractivity contribution in [3.05, 3.63) is 23.8 Å². The predicted octanol–water partition coefficient (Wildman–Crippen LogP) is 2.95. The van der Waals surface area contributed by atoms with E-state index in [1.807, 2.05) is 18.2 Å². The van der Waals surface area contributed by atoms with E-state index in [-0.39, 0.29) is 18.6 Å². The van der Waals surface area contributed by atoms with Gasteiger partial charge in [0, 0.05) is 6.42 Å². The average molecular weight is 257 g/mol. The molecule has 1 aliphatic rings. The van der Waals surface area contributed by atoms with Crippen molar-refractivity contribution in [2.75, 3.05) is 6.79 Å². The lowest BCUT2D eigenvalue weighted by Gasteiger charge is -2.09. The summed E-state index contributed by atoms with van der Waals surface area (Å²) in [5.41, 5.74) is 0.932. The van der Waals surface area contributed by atoms with Gasteiger partial charge in [-0.2, -0.15) is 0 Å². The quantitative estimate of drug-likeness (QED) is 0.823. The van der Waals surface area contributed by atoms with Crippen LogP contribution >= 0.6 is 11.6 Å². The molecule has 0 saturated carbocycles. The summed E-state index contributed by atoms with van der Waals surface area (Å²) in [5, 5.41) is 8.35. The molecule has 0 fully saturated rings. The summed E-state index contributed by atoms with van der Waals surface area (Å²) in [6, 6.07) is 5.55. The number of rotatable bonds is 5. The molecule has 1 heterocycles. The van der Waals surface area contributed by atoms with Crippen LogP contribution in [0.4, 0.5) is 0 Å². The van der Waals surface area contributed by atoms with Crippen molar-refractivity contribution in [3.8, 4) is 11.5 Å². The maximum Gasteiger partial charge on any atom is 0.303 e. The summed E-state index contributed by atoms with van der Waals surface area (Å²) in [6.07, 6.45) is 1.35. The third kappa shape index (κ3) is 3.03. The molecule has 1 aliphatic heterocycles. The molecule has 17 heavy (non-hydrogen) atoms. The number of ether oxygens (including phenoxy) is 2. The second kappa shape index (κ2) is 5.27. The Labute approximate surface area is 104 Å². The fraction of sp³-hybridized carbons (Fsp3) is 0.417. The Kier molecular flexibility index (Phi) is 3.74. The molecule has 2 rings (SSSR count). The molecule has 1 aromatic rings. The Hall–Kier alpha value is -1.42. The summed E-state index contributed by atoms with van der Waals surface area (Å²) in [6.45, 7) is 0.241. The number of carboxylic acids is 1. The molecule has 1 aromatic carbocycles. The average Bonchev–Trinajstić information content (AvgIpc) is 2.75. The first kappa shape index (κ1) is 12.0. The minimum absolute atomic E-state index is 0.147. The predicted molar refractivity (Wildman–Crippen MR) is 62.6 cm³/mol. The highest BCUT2D eigenvalue weighted by atomic mass is 35.5. The highest BCUT2D eigenvalue weighted by Crippen LogP contribution is 2.36. The van der Waals surface area contributed by atoms with Crippen LogP contribution in [0.2, 0.25) is 0 Å². The first-order chi connectivity index (χ1) is 8.16. The van der Waals surface area contributed by atoms with Gasteiger partial charge in [-0.3, -0.25) is 4.79 Å². The number of alkyl halides is 1. The summed E-state index contributed by atoms with van der Waals surface area (Å²) < 4.78 is 10.5. The van der Waals surface area contributed by atoms with Crippen LogP contribution in [0.15, 0.2) is 18.2 Å². The number of hydrogen-bond acceptors (Lipinski definition) is 3. The van der Waals surface area contributed by atoms with E-state index in [1.165, 1.54) is 0 Å². The SMILES string of the molecule is O=C(O)CCCC(Cl)c1ccc2c(c1)OCO2. The van der Waals surface area contributed by atoms with E-state index in [0.29, 0.717) is 18.6 Å². The molecule has 4 nitrogen and oxygen atoms in total. The molecule has 0 bridgehead atoms. The van der Waals surface area contributed by atoms with Gasteiger partial charge >= 0.3 is 5.97 Å². The molecule has 5 heteroatoms. The van der Waals surface area contributed by atoms with E-state index in [9.17, 15) is 4.79 Å². The molecule has 0 radical (unpaired) electrons.